The third-order valence-corrected chi connectivity index (χ3v) is 5.65. The van der Waals surface area contributed by atoms with Gasteiger partial charge >= 0.3 is 0 Å². The van der Waals surface area contributed by atoms with E-state index < -0.39 is 15.8 Å². The van der Waals surface area contributed by atoms with Crippen LogP contribution in [-0.2, 0) is 16.6 Å². The molecule has 2 aromatic rings. The molecular weight excluding hydrogens is 301 g/mol. The van der Waals surface area contributed by atoms with Gasteiger partial charge in [0, 0.05) is 0 Å². The van der Waals surface area contributed by atoms with Crippen molar-refractivity contribution < 1.29 is 17.9 Å². The summed E-state index contributed by atoms with van der Waals surface area (Å²) in [5, 5.41) is 10.9. The number of aliphatic hydroxyl groups is 1. The molecule has 0 unspecified atom stereocenters. The van der Waals surface area contributed by atoms with Crippen LogP contribution in [-0.4, -0.2) is 13.5 Å². The Morgan fingerprint density at radius 1 is 1.30 bits per heavy atom. The van der Waals surface area contributed by atoms with Crippen LogP contribution in [0.3, 0.4) is 0 Å². The van der Waals surface area contributed by atoms with Crippen LogP contribution in [0, 0.1) is 19.7 Å². The second-order valence-corrected chi connectivity index (χ2v) is 6.98. The number of hydrogen-bond acceptors (Lipinski definition) is 4. The summed E-state index contributed by atoms with van der Waals surface area (Å²) in [4.78, 5) is 0.475. The minimum Gasteiger partial charge on any atom is -0.391 e. The van der Waals surface area contributed by atoms with Gasteiger partial charge in [0.25, 0.3) is 10.0 Å². The number of nitrogens with one attached hydrogen (secondary N) is 1. The molecule has 2 rings (SSSR count). The smallest absolute Gasteiger partial charge is 0.263 e. The zero-order chi connectivity index (χ0) is 14.9. The Bertz CT molecular complexity index is 738. The quantitative estimate of drug-likeness (QED) is 0.912. The fraction of sp³-hybridized carbons (Fsp3) is 0.231. The highest BCUT2D eigenvalue weighted by Gasteiger charge is 2.23. The Hall–Kier alpha value is -1.44. The molecule has 0 aliphatic carbocycles. The van der Waals surface area contributed by atoms with Gasteiger partial charge in [-0.3, -0.25) is 4.72 Å². The van der Waals surface area contributed by atoms with E-state index in [1.807, 2.05) is 0 Å². The second kappa shape index (κ2) is 5.51. The number of aryl methyl sites for hydroxylation is 2. The summed E-state index contributed by atoms with van der Waals surface area (Å²) >= 11 is 1.19. The third-order valence-electron chi connectivity index (χ3n) is 2.83. The van der Waals surface area contributed by atoms with Crippen LogP contribution in [0.5, 0.6) is 0 Å². The van der Waals surface area contributed by atoms with Crippen molar-refractivity contribution >= 4 is 27.0 Å². The molecule has 2 N–H and O–H groups in total. The van der Waals surface area contributed by atoms with Gasteiger partial charge in [-0.15, -0.1) is 11.3 Å². The van der Waals surface area contributed by atoms with Crippen LogP contribution in [0.15, 0.2) is 28.5 Å². The van der Waals surface area contributed by atoms with Crippen molar-refractivity contribution in [1.29, 1.82) is 0 Å². The maximum atomic E-state index is 13.0. The van der Waals surface area contributed by atoms with E-state index in [2.05, 4.69) is 4.72 Å². The average molecular weight is 315 g/mol. The number of hydrogen-bond donors (Lipinski definition) is 2. The van der Waals surface area contributed by atoms with E-state index in [9.17, 15) is 17.9 Å². The fourth-order valence-corrected chi connectivity index (χ4v) is 4.69. The molecule has 0 amide bonds. The fourth-order valence-electron chi connectivity index (χ4n) is 1.89. The highest BCUT2D eigenvalue weighted by molar-refractivity contribution is 7.93. The molecule has 0 fully saturated rings. The lowest BCUT2D eigenvalue weighted by Gasteiger charge is -2.11. The number of sulfonamides is 1. The number of anilines is 1. The van der Waals surface area contributed by atoms with Crippen LogP contribution < -0.4 is 4.72 Å². The Morgan fingerprint density at radius 2 is 2.00 bits per heavy atom. The summed E-state index contributed by atoms with van der Waals surface area (Å²) in [5.74, 6) is -0.423. The maximum absolute atomic E-state index is 13.0. The van der Waals surface area contributed by atoms with Crippen molar-refractivity contribution in [2.24, 2.45) is 0 Å². The summed E-state index contributed by atoms with van der Waals surface area (Å²) < 4.78 is 40.2. The molecule has 7 heteroatoms. The number of benzene rings is 1. The van der Waals surface area contributed by atoms with Crippen LogP contribution >= 0.6 is 11.3 Å². The van der Waals surface area contributed by atoms with Crippen molar-refractivity contribution in [3.8, 4) is 0 Å². The lowest BCUT2D eigenvalue weighted by atomic mass is 10.2. The summed E-state index contributed by atoms with van der Waals surface area (Å²) in [5.41, 5.74) is 1.39. The molecule has 20 heavy (non-hydrogen) atoms. The highest BCUT2D eigenvalue weighted by Crippen LogP contribution is 2.29. The van der Waals surface area contributed by atoms with E-state index in [4.69, 9.17) is 0 Å². The number of aliphatic hydroxyl groups excluding tert-OH is 1. The van der Waals surface area contributed by atoms with Crippen molar-refractivity contribution in [1.82, 2.24) is 0 Å². The van der Waals surface area contributed by atoms with Gasteiger partial charge in [-0.1, -0.05) is 0 Å². The molecule has 0 saturated heterocycles. The number of halogens is 1. The van der Waals surface area contributed by atoms with Crippen molar-refractivity contribution in [3.05, 3.63) is 45.4 Å². The maximum Gasteiger partial charge on any atom is 0.263 e. The standard InChI is InChI=1S/C13H14FNO3S2/c1-8-5-10(14)3-4-11(8)15-20(17,18)13-9(2)7-19-12(13)6-16/h3-5,7,15-16H,6H2,1-2H3. The molecule has 0 spiro atoms. The lowest BCUT2D eigenvalue weighted by molar-refractivity contribution is 0.282. The van der Waals surface area contributed by atoms with Crippen molar-refractivity contribution in [3.63, 3.8) is 0 Å². The Balaban J connectivity index is 2.43. The first kappa shape index (κ1) is 15.0. The Labute approximate surface area is 120 Å². The normalized spacial score (nSPS) is 11.6. The van der Waals surface area contributed by atoms with Gasteiger partial charge in [-0.2, -0.15) is 0 Å². The largest absolute Gasteiger partial charge is 0.391 e. The first-order chi connectivity index (χ1) is 9.35. The van der Waals surface area contributed by atoms with E-state index in [1.165, 1.54) is 29.5 Å². The molecule has 1 heterocycles. The van der Waals surface area contributed by atoms with Gasteiger partial charge in [0.15, 0.2) is 0 Å². The average Bonchev–Trinajstić information content (AvgIpc) is 2.75. The molecule has 0 aliphatic rings. The van der Waals surface area contributed by atoms with E-state index in [0.717, 1.165) is 0 Å². The Morgan fingerprint density at radius 3 is 2.60 bits per heavy atom. The van der Waals surface area contributed by atoms with Gasteiger partial charge in [-0.05, 0) is 48.6 Å². The van der Waals surface area contributed by atoms with E-state index in [-0.39, 0.29) is 11.5 Å². The predicted octanol–water partition coefficient (Wildman–Crippen LogP) is 2.80. The zero-order valence-corrected chi connectivity index (χ0v) is 12.6. The van der Waals surface area contributed by atoms with E-state index in [0.29, 0.717) is 21.7 Å². The topological polar surface area (TPSA) is 66.4 Å². The summed E-state index contributed by atoms with van der Waals surface area (Å²) in [7, 11) is -3.80. The minimum absolute atomic E-state index is 0.0914. The molecule has 0 aliphatic heterocycles. The molecule has 0 atom stereocenters. The molecule has 0 radical (unpaired) electrons. The number of thiophene rings is 1. The van der Waals surface area contributed by atoms with Crippen LogP contribution in [0.25, 0.3) is 0 Å². The monoisotopic (exact) mass is 315 g/mol. The summed E-state index contributed by atoms with van der Waals surface area (Å²) in [6.45, 7) is 2.95. The van der Waals surface area contributed by atoms with Gasteiger partial charge in [0.2, 0.25) is 0 Å². The second-order valence-electron chi connectivity index (χ2n) is 4.39. The van der Waals surface area contributed by atoms with Gasteiger partial charge in [0.1, 0.15) is 10.7 Å². The SMILES string of the molecule is Cc1cc(F)ccc1NS(=O)(=O)c1c(C)csc1CO. The van der Waals surface area contributed by atoms with E-state index >= 15 is 0 Å². The van der Waals surface area contributed by atoms with Crippen LogP contribution in [0.2, 0.25) is 0 Å². The van der Waals surface area contributed by atoms with Gasteiger partial charge < -0.3 is 5.11 Å². The Kier molecular flexibility index (Phi) is 4.12. The minimum atomic E-state index is -3.80. The van der Waals surface area contributed by atoms with Crippen molar-refractivity contribution in [2.45, 2.75) is 25.3 Å². The molecule has 0 saturated carbocycles. The van der Waals surface area contributed by atoms with Crippen molar-refractivity contribution in [2.75, 3.05) is 4.72 Å². The molecule has 4 nitrogen and oxygen atoms in total. The first-order valence-electron chi connectivity index (χ1n) is 5.82. The molecule has 1 aromatic heterocycles. The molecule has 0 bridgehead atoms. The van der Waals surface area contributed by atoms with Crippen LogP contribution in [0.4, 0.5) is 10.1 Å². The van der Waals surface area contributed by atoms with E-state index in [1.54, 1.807) is 19.2 Å². The lowest BCUT2D eigenvalue weighted by Crippen LogP contribution is -2.15. The highest BCUT2D eigenvalue weighted by atomic mass is 32.2. The van der Waals surface area contributed by atoms with Crippen LogP contribution in [0.1, 0.15) is 16.0 Å². The molecule has 1 aromatic carbocycles. The van der Waals surface area contributed by atoms with Gasteiger partial charge in [-0.25, -0.2) is 12.8 Å². The summed E-state index contributed by atoms with van der Waals surface area (Å²) in [6, 6.07) is 3.83. The summed E-state index contributed by atoms with van der Waals surface area (Å²) in [6.07, 6.45) is 0. The van der Waals surface area contributed by atoms with Gasteiger partial charge in [0.05, 0.1) is 17.2 Å². The predicted molar refractivity (Wildman–Crippen MR) is 76.9 cm³/mol. The number of rotatable bonds is 4. The molecular formula is C13H14FNO3S2. The first-order valence-corrected chi connectivity index (χ1v) is 8.18. The molecule has 108 valence electrons. The third kappa shape index (κ3) is 2.84. The zero-order valence-electron chi connectivity index (χ0n) is 11.0.